The van der Waals surface area contributed by atoms with Crippen molar-refractivity contribution in [3.63, 3.8) is 0 Å². The number of carboxylic acids is 1. The molecule has 0 fully saturated rings. The molecular weight excluding hydrogens is 384 g/mol. The van der Waals surface area contributed by atoms with E-state index in [1.165, 1.54) is 5.01 Å². The Balaban J connectivity index is 1.89. The number of hydrogen-bond acceptors (Lipinski definition) is 4. The van der Waals surface area contributed by atoms with Gasteiger partial charge in [0, 0.05) is 23.3 Å². The summed E-state index contributed by atoms with van der Waals surface area (Å²) in [6.07, 6.45) is 0.155. The molecule has 0 aromatic heterocycles. The van der Waals surface area contributed by atoms with E-state index in [2.05, 4.69) is 21.0 Å². The molecule has 0 saturated heterocycles. The Bertz CT molecular complexity index is 803. The molecule has 0 radical (unpaired) electrons. The minimum absolute atomic E-state index is 0.124. The molecular formula is C19H16BrN2O3-. The first-order chi connectivity index (χ1) is 12.0. The van der Waals surface area contributed by atoms with Gasteiger partial charge < -0.3 is 9.90 Å². The van der Waals surface area contributed by atoms with Crippen LogP contribution < -0.4 is 5.11 Å². The molecule has 6 heteroatoms. The molecule has 0 unspecified atom stereocenters. The first-order valence-electron chi connectivity index (χ1n) is 7.95. The Morgan fingerprint density at radius 3 is 2.40 bits per heavy atom. The average Bonchev–Trinajstić information content (AvgIpc) is 3.06. The zero-order valence-corrected chi connectivity index (χ0v) is 15.0. The molecule has 0 spiro atoms. The minimum Gasteiger partial charge on any atom is -0.550 e. The van der Waals surface area contributed by atoms with E-state index in [-0.39, 0.29) is 24.8 Å². The Labute approximate surface area is 154 Å². The maximum absolute atomic E-state index is 12.5. The molecule has 1 aliphatic rings. The Kier molecular flexibility index (Phi) is 5.28. The van der Waals surface area contributed by atoms with Crippen LogP contribution in [-0.4, -0.2) is 22.6 Å². The zero-order chi connectivity index (χ0) is 17.8. The second-order valence-corrected chi connectivity index (χ2v) is 6.71. The van der Waals surface area contributed by atoms with E-state index in [0.29, 0.717) is 6.42 Å². The van der Waals surface area contributed by atoms with Gasteiger partial charge in [-0.1, -0.05) is 58.4 Å². The minimum atomic E-state index is -1.24. The highest BCUT2D eigenvalue weighted by atomic mass is 79.9. The summed E-state index contributed by atoms with van der Waals surface area (Å²) in [5, 5.41) is 16.6. The van der Waals surface area contributed by atoms with Crippen molar-refractivity contribution in [3.05, 3.63) is 70.2 Å². The number of halogens is 1. The van der Waals surface area contributed by atoms with E-state index in [9.17, 15) is 14.7 Å². The number of carbonyl (C=O) groups excluding carboxylic acids is 2. The maximum Gasteiger partial charge on any atom is 0.243 e. The quantitative estimate of drug-likeness (QED) is 0.775. The van der Waals surface area contributed by atoms with Crippen molar-refractivity contribution in [2.24, 2.45) is 5.10 Å². The number of nitrogens with zero attached hydrogens (tertiary/aromatic N) is 2. The van der Waals surface area contributed by atoms with E-state index >= 15 is 0 Å². The lowest BCUT2D eigenvalue weighted by atomic mass is 9.98. The van der Waals surface area contributed by atoms with Gasteiger partial charge >= 0.3 is 0 Å². The number of carbonyl (C=O) groups is 2. The summed E-state index contributed by atoms with van der Waals surface area (Å²) in [6.45, 7) is 0. The maximum atomic E-state index is 12.5. The smallest absolute Gasteiger partial charge is 0.243 e. The molecule has 0 aliphatic carbocycles. The van der Waals surface area contributed by atoms with Crippen molar-refractivity contribution in [2.75, 3.05) is 0 Å². The molecule has 1 amide bonds. The van der Waals surface area contributed by atoms with Gasteiger partial charge in [-0.2, -0.15) is 5.10 Å². The van der Waals surface area contributed by atoms with E-state index in [0.717, 1.165) is 21.3 Å². The summed E-state index contributed by atoms with van der Waals surface area (Å²) < 4.78 is 0.952. The van der Waals surface area contributed by atoms with Crippen LogP contribution in [0.5, 0.6) is 0 Å². The second kappa shape index (κ2) is 7.61. The van der Waals surface area contributed by atoms with Crippen LogP contribution in [0.1, 0.15) is 36.4 Å². The number of rotatable bonds is 5. The van der Waals surface area contributed by atoms with Crippen LogP contribution in [0.25, 0.3) is 0 Å². The largest absolute Gasteiger partial charge is 0.550 e. The molecule has 1 heterocycles. The van der Waals surface area contributed by atoms with Crippen LogP contribution >= 0.6 is 15.9 Å². The number of aliphatic carboxylic acids is 1. The van der Waals surface area contributed by atoms with Crippen molar-refractivity contribution in [3.8, 4) is 0 Å². The normalized spacial score (nSPS) is 16.6. The van der Waals surface area contributed by atoms with Gasteiger partial charge in [-0.25, -0.2) is 5.01 Å². The topological polar surface area (TPSA) is 72.8 Å². The molecule has 2 aromatic rings. The van der Waals surface area contributed by atoms with Gasteiger partial charge in [-0.05, 0) is 29.7 Å². The van der Waals surface area contributed by atoms with Crippen LogP contribution in [0, 0.1) is 0 Å². The summed E-state index contributed by atoms with van der Waals surface area (Å²) in [6, 6.07) is 17.2. The summed E-state index contributed by atoms with van der Waals surface area (Å²) in [5.74, 6) is -1.55. The third-order valence-corrected chi connectivity index (χ3v) is 4.60. The van der Waals surface area contributed by atoms with Crippen molar-refractivity contribution >= 4 is 33.5 Å². The lowest BCUT2D eigenvalue weighted by molar-refractivity contribution is -0.305. The fourth-order valence-corrected chi connectivity index (χ4v) is 3.08. The summed E-state index contributed by atoms with van der Waals surface area (Å²) in [7, 11) is 0. The third kappa shape index (κ3) is 4.14. The van der Waals surface area contributed by atoms with Crippen LogP contribution in [0.15, 0.2) is 64.2 Å². The molecule has 5 nitrogen and oxygen atoms in total. The molecule has 128 valence electrons. The van der Waals surface area contributed by atoms with Crippen LogP contribution in [0.4, 0.5) is 0 Å². The average molecular weight is 400 g/mol. The van der Waals surface area contributed by atoms with Crippen molar-refractivity contribution < 1.29 is 14.7 Å². The van der Waals surface area contributed by atoms with Gasteiger partial charge in [0.15, 0.2) is 0 Å². The fourth-order valence-electron chi connectivity index (χ4n) is 2.81. The lowest BCUT2D eigenvalue weighted by Crippen LogP contribution is -2.29. The monoisotopic (exact) mass is 399 g/mol. The Morgan fingerprint density at radius 1 is 1.08 bits per heavy atom. The predicted octanol–water partition coefficient (Wildman–Crippen LogP) is 2.66. The molecule has 1 aliphatic heterocycles. The first kappa shape index (κ1) is 17.4. The predicted molar refractivity (Wildman–Crippen MR) is 95.6 cm³/mol. The van der Waals surface area contributed by atoms with E-state index in [4.69, 9.17) is 0 Å². The van der Waals surface area contributed by atoms with E-state index in [1.807, 2.05) is 54.6 Å². The molecule has 2 aromatic carbocycles. The molecule has 1 atom stereocenters. The SMILES string of the molecule is O=C([O-])CCC(=O)N1N=C(c2ccccc2)C[C@@H]1c1ccc(Br)cc1. The molecule has 0 N–H and O–H groups in total. The number of benzene rings is 2. The Morgan fingerprint density at radius 2 is 1.76 bits per heavy atom. The van der Waals surface area contributed by atoms with Gasteiger partial charge in [0.05, 0.1) is 11.8 Å². The highest BCUT2D eigenvalue weighted by molar-refractivity contribution is 9.10. The van der Waals surface area contributed by atoms with Crippen molar-refractivity contribution in [2.45, 2.75) is 25.3 Å². The molecule has 0 saturated carbocycles. The third-order valence-electron chi connectivity index (χ3n) is 4.07. The number of amides is 1. The van der Waals surface area contributed by atoms with E-state index < -0.39 is 5.97 Å². The van der Waals surface area contributed by atoms with Gasteiger partial charge in [-0.15, -0.1) is 0 Å². The van der Waals surface area contributed by atoms with E-state index in [1.54, 1.807) is 0 Å². The molecule has 3 rings (SSSR count). The van der Waals surface area contributed by atoms with Gasteiger partial charge in [0.1, 0.15) is 0 Å². The zero-order valence-electron chi connectivity index (χ0n) is 13.4. The van der Waals surface area contributed by atoms with Crippen molar-refractivity contribution in [1.29, 1.82) is 0 Å². The van der Waals surface area contributed by atoms with Gasteiger partial charge in [-0.3, -0.25) is 4.79 Å². The number of hydrazone groups is 1. The van der Waals surface area contributed by atoms with Crippen LogP contribution in [0.3, 0.4) is 0 Å². The standard InChI is InChI=1S/C19H17BrN2O3/c20-15-8-6-14(7-9-15)17-12-16(13-4-2-1-3-5-13)21-22(17)18(23)10-11-19(24)25/h1-9,17H,10-12H2,(H,24,25)/p-1/t17-/m1/s1. The lowest BCUT2D eigenvalue weighted by Gasteiger charge is -2.22. The molecule has 0 bridgehead atoms. The second-order valence-electron chi connectivity index (χ2n) is 5.79. The highest BCUT2D eigenvalue weighted by Gasteiger charge is 2.32. The van der Waals surface area contributed by atoms with Crippen LogP contribution in [0.2, 0.25) is 0 Å². The van der Waals surface area contributed by atoms with Crippen LogP contribution in [-0.2, 0) is 9.59 Å². The first-order valence-corrected chi connectivity index (χ1v) is 8.74. The fraction of sp³-hybridized carbons (Fsp3) is 0.211. The van der Waals surface area contributed by atoms with Gasteiger partial charge in [0.25, 0.3) is 0 Å². The van der Waals surface area contributed by atoms with Gasteiger partial charge in [0.2, 0.25) is 5.91 Å². The summed E-state index contributed by atoms with van der Waals surface area (Å²) in [4.78, 5) is 23.2. The highest BCUT2D eigenvalue weighted by Crippen LogP contribution is 2.33. The number of carboxylic acid groups (broad SMARTS) is 1. The molecule has 25 heavy (non-hydrogen) atoms. The summed E-state index contributed by atoms with van der Waals surface area (Å²) >= 11 is 3.41. The van der Waals surface area contributed by atoms with Crippen molar-refractivity contribution in [1.82, 2.24) is 5.01 Å². The number of hydrogen-bond donors (Lipinski definition) is 0. The Hall–Kier alpha value is -2.47. The summed E-state index contributed by atoms with van der Waals surface area (Å²) in [5.41, 5.74) is 2.73.